The Morgan fingerprint density at radius 3 is 2.76 bits per heavy atom. The van der Waals surface area contributed by atoms with Crippen LogP contribution in [0.5, 0.6) is 0 Å². The maximum atomic E-state index is 12.3. The van der Waals surface area contributed by atoms with Crippen molar-refractivity contribution >= 4 is 48.6 Å². The Labute approximate surface area is 141 Å². The molecule has 0 bridgehead atoms. The molecule has 0 saturated heterocycles. The van der Waals surface area contributed by atoms with Crippen LogP contribution in [0, 0.1) is 0 Å². The zero-order valence-electron chi connectivity index (χ0n) is 11.6. The van der Waals surface area contributed by atoms with Crippen molar-refractivity contribution in [1.82, 2.24) is 15.0 Å². The van der Waals surface area contributed by atoms with Gasteiger partial charge in [0.1, 0.15) is 4.90 Å². The van der Waals surface area contributed by atoms with Crippen LogP contribution < -0.4 is 10.0 Å². The minimum absolute atomic E-state index is 0.202. The second-order valence-electron chi connectivity index (χ2n) is 4.69. The first-order valence-electron chi connectivity index (χ1n) is 6.27. The Bertz CT molecular complexity index is 681. The molecule has 0 unspecified atom stereocenters. The largest absolute Gasteiger partial charge is 0.310 e. The molecule has 0 amide bonds. The third-order valence-corrected chi connectivity index (χ3v) is 6.90. The molecule has 21 heavy (non-hydrogen) atoms. The first-order valence-corrected chi connectivity index (χ1v) is 10.3. The molecule has 2 N–H and O–H groups in total. The maximum Gasteiger partial charge on any atom is 0.242 e. The first-order chi connectivity index (χ1) is 9.88. The van der Waals surface area contributed by atoms with Gasteiger partial charge in [-0.1, -0.05) is 13.8 Å². The lowest BCUT2D eigenvalue weighted by molar-refractivity contribution is 0.579. The molecule has 0 aliphatic rings. The van der Waals surface area contributed by atoms with Crippen molar-refractivity contribution in [1.29, 1.82) is 0 Å². The molecule has 2 aromatic heterocycles. The highest BCUT2D eigenvalue weighted by atomic mass is 79.9. The predicted molar refractivity (Wildman–Crippen MR) is 90.1 cm³/mol. The second kappa shape index (κ2) is 7.30. The number of nitrogens with zero attached hydrogens (tertiary/aromatic N) is 1. The van der Waals surface area contributed by atoms with Gasteiger partial charge in [-0.05, 0) is 22.0 Å². The van der Waals surface area contributed by atoms with Crippen molar-refractivity contribution in [2.45, 2.75) is 37.9 Å². The van der Waals surface area contributed by atoms with Crippen molar-refractivity contribution < 1.29 is 8.42 Å². The standard InChI is InChI=1S/C12H16BrN3O2S3/c1-8(2)14-5-10-3-11(12(13)20-10)21(17,18)16-4-9-6-19-7-15-9/h3,6-8,14,16H,4-5H2,1-2H3. The summed E-state index contributed by atoms with van der Waals surface area (Å²) in [5.74, 6) is 0. The number of thiazole rings is 1. The van der Waals surface area contributed by atoms with Crippen LogP contribution >= 0.6 is 38.6 Å². The van der Waals surface area contributed by atoms with Crippen LogP contribution in [0.25, 0.3) is 0 Å². The fraction of sp³-hybridized carbons (Fsp3) is 0.417. The molecule has 2 rings (SSSR count). The molecule has 0 atom stereocenters. The molecule has 0 saturated carbocycles. The third kappa shape index (κ3) is 4.83. The van der Waals surface area contributed by atoms with Gasteiger partial charge in [0.15, 0.2) is 0 Å². The van der Waals surface area contributed by atoms with Crippen LogP contribution in [-0.2, 0) is 23.1 Å². The second-order valence-corrected chi connectivity index (χ2v) is 9.60. The molecular formula is C12H16BrN3O2S3. The average Bonchev–Trinajstić information content (AvgIpc) is 3.03. The number of thiophene rings is 1. The normalized spacial score (nSPS) is 12.2. The molecule has 0 aliphatic heterocycles. The monoisotopic (exact) mass is 409 g/mol. The smallest absolute Gasteiger partial charge is 0.242 e. The topological polar surface area (TPSA) is 71.1 Å². The van der Waals surface area contributed by atoms with Crippen LogP contribution in [0.4, 0.5) is 0 Å². The highest BCUT2D eigenvalue weighted by Crippen LogP contribution is 2.31. The van der Waals surface area contributed by atoms with E-state index in [1.54, 1.807) is 11.6 Å². The van der Waals surface area contributed by atoms with E-state index in [1.807, 2.05) is 5.38 Å². The summed E-state index contributed by atoms with van der Waals surface area (Å²) >= 11 is 6.21. The molecule has 116 valence electrons. The van der Waals surface area contributed by atoms with E-state index < -0.39 is 10.0 Å². The Balaban J connectivity index is 2.08. The van der Waals surface area contributed by atoms with Crippen LogP contribution in [0.1, 0.15) is 24.4 Å². The van der Waals surface area contributed by atoms with Gasteiger partial charge in [-0.25, -0.2) is 18.1 Å². The van der Waals surface area contributed by atoms with E-state index in [4.69, 9.17) is 0 Å². The number of nitrogens with one attached hydrogen (secondary N) is 2. The third-order valence-electron chi connectivity index (χ3n) is 2.61. The minimum atomic E-state index is -3.53. The molecular weight excluding hydrogens is 394 g/mol. The Morgan fingerprint density at radius 2 is 2.14 bits per heavy atom. The summed E-state index contributed by atoms with van der Waals surface area (Å²) in [6.45, 7) is 4.96. The molecule has 5 nitrogen and oxygen atoms in total. The fourth-order valence-electron chi connectivity index (χ4n) is 1.54. The zero-order valence-corrected chi connectivity index (χ0v) is 15.6. The van der Waals surface area contributed by atoms with Crippen LogP contribution in [0.15, 0.2) is 25.6 Å². The zero-order chi connectivity index (χ0) is 15.5. The summed E-state index contributed by atoms with van der Waals surface area (Å²) in [7, 11) is -3.53. The van der Waals surface area contributed by atoms with Gasteiger partial charge in [0.25, 0.3) is 0 Å². The molecule has 0 radical (unpaired) electrons. The molecule has 2 aromatic rings. The van der Waals surface area contributed by atoms with Gasteiger partial charge < -0.3 is 5.32 Å². The van der Waals surface area contributed by atoms with Crippen molar-refractivity contribution in [2.24, 2.45) is 0 Å². The van der Waals surface area contributed by atoms with Gasteiger partial charge in [-0.15, -0.1) is 22.7 Å². The molecule has 0 aromatic carbocycles. The predicted octanol–water partition coefficient (Wildman–Crippen LogP) is 2.94. The molecule has 2 heterocycles. The quantitative estimate of drug-likeness (QED) is 0.737. The van der Waals surface area contributed by atoms with Gasteiger partial charge in [-0.2, -0.15) is 0 Å². The summed E-state index contributed by atoms with van der Waals surface area (Å²) in [5, 5.41) is 5.10. The van der Waals surface area contributed by atoms with Crippen LogP contribution in [-0.4, -0.2) is 19.4 Å². The molecule has 9 heteroatoms. The average molecular weight is 410 g/mol. The van der Waals surface area contributed by atoms with E-state index in [9.17, 15) is 8.42 Å². The Hall–Kier alpha value is -0.320. The first kappa shape index (κ1) is 17.0. The molecule has 0 fully saturated rings. The fourth-order valence-corrected chi connectivity index (χ4v) is 5.73. The summed E-state index contributed by atoms with van der Waals surface area (Å²) in [6.07, 6.45) is 0. The van der Waals surface area contributed by atoms with Crippen LogP contribution in [0.2, 0.25) is 0 Å². The highest BCUT2D eigenvalue weighted by Gasteiger charge is 2.21. The summed E-state index contributed by atoms with van der Waals surface area (Å²) < 4.78 is 27.8. The van der Waals surface area contributed by atoms with Gasteiger partial charge in [0.05, 0.1) is 21.5 Å². The van der Waals surface area contributed by atoms with E-state index in [0.29, 0.717) is 16.4 Å². The lowest BCUT2D eigenvalue weighted by atomic mass is 10.4. The van der Waals surface area contributed by atoms with E-state index in [1.165, 1.54) is 22.7 Å². The Morgan fingerprint density at radius 1 is 1.38 bits per heavy atom. The number of hydrogen-bond acceptors (Lipinski definition) is 6. The lowest BCUT2D eigenvalue weighted by Gasteiger charge is -2.05. The van der Waals surface area contributed by atoms with Gasteiger partial charge in [0, 0.05) is 22.8 Å². The Kier molecular flexibility index (Phi) is 5.92. The summed E-state index contributed by atoms with van der Waals surface area (Å²) in [4.78, 5) is 5.32. The number of halogens is 1. The number of sulfonamides is 1. The minimum Gasteiger partial charge on any atom is -0.310 e. The molecule has 0 spiro atoms. The van der Waals surface area contributed by atoms with Gasteiger partial charge in [-0.3, -0.25) is 0 Å². The van der Waals surface area contributed by atoms with E-state index in [0.717, 1.165) is 10.6 Å². The van der Waals surface area contributed by atoms with Gasteiger partial charge in [0.2, 0.25) is 10.0 Å². The number of aromatic nitrogens is 1. The molecule has 0 aliphatic carbocycles. The maximum absolute atomic E-state index is 12.3. The van der Waals surface area contributed by atoms with Crippen LogP contribution in [0.3, 0.4) is 0 Å². The SMILES string of the molecule is CC(C)NCc1cc(S(=O)(=O)NCc2cscn2)c(Br)s1. The van der Waals surface area contributed by atoms with E-state index in [2.05, 4.69) is 44.8 Å². The highest BCUT2D eigenvalue weighted by molar-refractivity contribution is 9.11. The lowest BCUT2D eigenvalue weighted by Crippen LogP contribution is -2.23. The van der Waals surface area contributed by atoms with Crippen molar-refractivity contribution in [3.8, 4) is 0 Å². The van der Waals surface area contributed by atoms with E-state index in [-0.39, 0.29) is 11.4 Å². The number of hydrogen-bond donors (Lipinski definition) is 2. The van der Waals surface area contributed by atoms with Crippen molar-refractivity contribution in [3.63, 3.8) is 0 Å². The van der Waals surface area contributed by atoms with Crippen molar-refractivity contribution in [2.75, 3.05) is 0 Å². The summed E-state index contributed by atoms with van der Waals surface area (Å²) in [6, 6.07) is 2.06. The van der Waals surface area contributed by atoms with Crippen molar-refractivity contribution in [3.05, 3.63) is 31.3 Å². The summed E-state index contributed by atoms with van der Waals surface area (Å²) in [5.41, 5.74) is 2.40. The number of rotatable bonds is 7. The van der Waals surface area contributed by atoms with Gasteiger partial charge >= 0.3 is 0 Å². The van der Waals surface area contributed by atoms with E-state index >= 15 is 0 Å².